The van der Waals surface area contributed by atoms with Crippen LogP contribution in [0.1, 0.15) is 39.9 Å². The first-order valence-corrected chi connectivity index (χ1v) is 10.4. The number of piperidine rings is 1. The van der Waals surface area contributed by atoms with Gasteiger partial charge in [0.05, 0.1) is 24.3 Å². The molecule has 0 aromatic heterocycles. The van der Waals surface area contributed by atoms with E-state index in [-0.39, 0.29) is 25.5 Å². The lowest BCUT2D eigenvalue weighted by molar-refractivity contribution is -0.191. The van der Waals surface area contributed by atoms with E-state index in [4.69, 9.17) is 9.47 Å². The highest BCUT2D eigenvalue weighted by atomic mass is 19.4. The van der Waals surface area contributed by atoms with Crippen LogP contribution in [0.4, 0.5) is 26.3 Å². The summed E-state index contributed by atoms with van der Waals surface area (Å²) in [5, 5.41) is 0. The molecule has 10 heteroatoms. The van der Waals surface area contributed by atoms with Crippen LogP contribution in [-0.4, -0.2) is 42.4 Å². The Labute approximate surface area is 186 Å². The van der Waals surface area contributed by atoms with Crippen LogP contribution in [0.2, 0.25) is 0 Å². The second-order valence-electron chi connectivity index (χ2n) is 8.20. The van der Waals surface area contributed by atoms with Crippen LogP contribution in [0.5, 0.6) is 0 Å². The van der Waals surface area contributed by atoms with Crippen molar-refractivity contribution in [2.24, 2.45) is 0 Å². The molecule has 178 valence electrons. The number of halogens is 6. The summed E-state index contributed by atoms with van der Waals surface area (Å²) in [7, 11) is 0. The number of rotatable bonds is 3. The highest BCUT2D eigenvalue weighted by molar-refractivity contribution is 5.95. The minimum atomic E-state index is -5.03. The first-order chi connectivity index (χ1) is 15.5. The van der Waals surface area contributed by atoms with Crippen molar-refractivity contribution >= 4 is 5.91 Å². The van der Waals surface area contributed by atoms with Gasteiger partial charge in [-0.2, -0.15) is 26.3 Å². The maximum Gasteiger partial charge on any atom is 0.416 e. The van der Waals surface area contributed by atoms with Crippen LogP contribution < -0.4 is 0 Å². The number of nitrogens with zero attached hydrogens (tertiary/aromatic N) is 1. The van der Waals surface area contributed by atoms with Crippen molar-refractivity contribution < 1.29 is 40.6 Å². The number of hydrogen-bond acceptors (Lipinski definition) is 3. The van der Waals surface area contributed by atoms with Gasteiger partial charge in [-0.25, -0.2) is 0 Å². The number of ether oxygens (including phenoxy) is 2. The molecule has 1 atom stereocenters. The molecular formula is C23H21F6NO3. The third-order valence-electron chi connectivity index (χ3n) is 5.94. The molecule has 1 spiro atoms. The van der Waals surface area contributed by atoms with Gasteiger partial charge in [0.25, 0.3) is 5.91 Å². The van der Waals surface area contributed by atoms with Gasteiger partial charge in [-0.05, 0) is 30.2 Å². The molecule has 1 amide bonds. The molecule has 2 aromatic rings. The summed E-state index contributed by atoms with van der Waals surface area (Å²) in [5.41, 5.74) is -2.82. The van der Waals surface area contributed by atoms with Crippen molar-refractivity contribution in [2.75, 3.05) is 19.8 Å². The Morgan fingerprint density at radius 2 is 1.52 bits per heavy atom. The molecule has 0 saturated carbocycles. The van der Waals surface area contributed by atoms with E-state index in [0.717, 1.165) is 5.56 Å². The number of amides is 1. The van der Waals surface area contributed by atoms with Crippen molar-refractivity contribution in [1.82, 2.24) is 4.90 Å². The highest BCUT2D eigenvalue weighted by Gasteiger charge is 2.46. The predicted molar refractivity (Wildman–Crippen MR) is 105 cm³/mol. The van der Waals surface area contributed by atoms with Gasteiger partial charge in [0.15, 0.2) is 5.79 Å². The smallest absolute Gasteiger partial charge is 0.347 e. The zero-order valence-corrected chi connectivity index (χ0v) is 17.4. The van der Waals surface area contributed by atoms with Gasteiger partial charge in [0.2, 0.25) is 0 Å². The first kappa shape index (κ1) is 23.6. The van der Waals surface area contributed by atoms with E-state index in [1.54, 1.807) is 0 Å². The van der Waals surface area contributed by atoms with Crippen LogP contribution >= 0.6 is 0 Å². The van der Waals surface area contributed by atoms with E-state index in [0.29, 0.717) is 31.8 Å². The number of likely N-dealkylation sites (tertiary alicyclic amines) is 1. The quantitative estimate of drug-likeness (QED) is 0.567. The van der Waals surface area contributed by atoms with Crippen LogP contribution in [0.25, 0.3) is 0 Å². The molecule has 33 heavy (non-hydrogen) atoms. The van der Waals surface area contributed by atoms with Crippen molar-refractivity contribution in [2.45, 2.75) is 43.4 Å². The van der Waals surface area contributed by atoms with Gasteiger partial charge in [0.1, 0.15) is 0 Å². The largest absolute Gasteiger partial charge is 0.416 e. The number of carbonyl (C=O) groups excluding carboxylic acids is 1. The van der Waals surface area contributed by atoms with Gasteiger partial charge in [-0.15, -0.1) is 0 Å². The monoisotopic (exact) mass is 473 g/mol. The molecule has 4 nitrogen and oxygen atoms in total. The SMILES string of the molecule is O=C(c1cc(C(F)(F)F)cc(C(F)(F)F)c1)N1CCC2(CC1Cc1ccccc1)OCCO2. The standard InChI is InChI=1S/C23H21F6NO3/c24-22(25,26)17-11-16(12-18(13-17)23(27,28)29)20(31)30-7-6-21(32-8-9-33-21)14-19(30)10-15-4-2-1-3-5-15/h1-5,11-13,19H,6-10,14H2. The molecule has 2 aromatic carbocycles. The second kappa shape index (κ2) is 8.64. The van der Waals surface area contributed by atoms with E-state index < -0.39 is 46.8 Å². The summed E-state index contributed by atoms with van der Waals surface area (Å²) < 4.78 is 91.2. The molecule has 0 radical (unpaired) electrons. The van der Waals surface area contributed by atoms with Gasteiger partial charge in [-0.3, -0.25) is 4.79 Å². The van der Waals surface area contributed by atoms with Crippen LogP contribution in [0.15, 0.2) is 48.5 Å². The fraction of sp³-hybridized carbons (Fsp3) is 0.435. The Morgan fingerprint density at radius 1 is 0.939 bits per heavy atom. The van der Waals surface area contributed by atoms with Crippen molar-refractivity contribution in [1.29, 1.82) is 0 Å². The zero-order valence-electron chi connectivity index (χ0n) is 17.4. The van der Waals surface area contributed by atoms with E-state index in [2.05, 4.69) is 0 Å². The highest BCUT2D eigenvalue weighted by Crippen LogP contribution is 2.39. The fourth-order valence-corrected chi connectivity index (χ4v) is 4.38. The molecule has 2 aliphatic rings. The van der Waals surface area contributed by atoms with Crippen molar-refractivity contribution in [3.63, 3.8) is 0 Å². The molecule has 0 aliphatic carbocycles. The van der Waals surface area contributed by atoms with Crippen molar-refractivity contribution in [3.8, 4) is 0 Å². The van der Waals surface area contributed by atoms with E-state index in [9.17, 15) is 31.1 Å². The Balaban J connectivity index is 1.69. The lowest BCUT2D eigenvalue weighted by Crippen LogP contribution is -2.54. The van der Waals surface area contributed by atoms with Crippen LogP contribution in [0, 0.1) is 0 Å². The summed E-state index contributed by atoms with van der Waals surface area (Å²) in [4.78, 5) is 14.6. The summed E-state index contributed by atoms with van der Waals surface area (Å²) >= 11 is 0. The van der Waals surface area contributed by atoms with Crippen LogP contribution in [-0.2, 0) is 28.2 Å². The summed E-state index contributed by atoms with van der Waals surface area (Å²) in [5.74, 6) is -1.79. The molecule has 2 fully saturated rings. The van der Waals surface area contributed by atoms with Gasteiger partial charge in [0, 0.05) is 31.0 Å². The number of carbonyl (C=O) groups is 1. The molecule has 1 unspecified atom stereocenters. The fourth-order valence-electron chi connectivity index (χ4n) is 4.38. The van der Waals surface area contributed by atoms with E-state index in [1.807, 2.05) is 30.3 Å². The molecule has 0 bridgehead atoms. The van der Waals surface area contributed by atoms with E-state index in [1.165, 1.54) is 4.90 Å². The van der Waals surface area contributed by atoms with E-state index >= 15 is 0 Å². The summed E-state index contributed by atoms with van der Waals surface area (Å²) in [6.07, 6.45) is -9.17. The maximum absolute atomic E-state index is 13.3. The molecule has 4 rings (SSSR count). The Morgan fingerprint density at radius 3 is 2.06 bits per heavy atom. The average molecular weight is 473 g/mol. The third-order valence-corrected chi connectivity index (χ3v) is 5.94. The summed E-state index contributed by atoms with van der Waals surface area (Å²) in [6, 6.07) is 9.56. The Bertz CT molecular complexity index is 967. The lowest BCUT2D eigenvalue weighted by Gasteiger charge is -2.43. The third kappa shape index (κ3) is 5.16. The first-order valence-electron chi connectivity index (χ1n) is 10.4. The molecular weight excluding hydrogens is 452 g/mol. The minimum Gasteiger partial charge on any atom is -0.347 e. The normalized spacial score (nSPS) is 20.9. The number of alkyl halides is 6. The van der Waals surface area contributed by atoms with Gasteiger partial charge < -0.3 is 14.4 Å². The molecule has 0 N–H and O–H groups in total. The zero-order chi connectivity index (χ0) is 23.9. The Hall–Kier alpha value is -2.59. The molecule has 2 aliphatic heterocycles. The maximum atomic E-state index is 13.3. The average Bonchev–Trinajstić information content (AvgIpc) is 3.20. The van der Waals surface area contributed by atoms with Gasteiger partial charge >= 0.3 is 12.4 Å². The van der Waals surface area contributed by atoms with Crippen LogP contribution in [0.3, 0.4) is 0 Å². The predicted octanol–water partition coefficient (Wildman–Crippen LogP) is 5.31. The van der Waals surface area contributed by atoms with Gasteiger partial charge in [-0.1, -0.05) is 30.3 Å². The lowest BCUT2D eigenvalue weighted by atomic mass is 9.90. The molecule has 2 heterocycles. The minimum absolute atomic E-state index is 0.0175. The number of hydrogen-bond donors (Lipinski definition) is 0. The summed E-state index contributed by atoms with van der Waals surface area (Å²) in [6.45, 7) is 0.844. The topological polar surface area (TPSA) is 38.8 Å². The van der Waals surface area contributed by atoms with Crippen molar-refractivity contribution in [3.05, 3.63) is 70.8 Å². The number of benzene rings is 2. The molecule has 2 saturated heterocycles. The Kier molecular flexibility index (Phi) is 6.17. The second-order valence-corrected chi connectivity index (χ2v) is 8.20.